The summed E-state index contributed by atoms with van der Waals surface area (Å²) < 4.78 is 4.97. The number of ether oxygens (including phenoxy) is 1. The van der Waals surface area contributed by atoms with E-state index in [0.717, 1.165) is 0 Å². The van der Waals surface area contributed by atoms with Crippen LogP contribution in [-0.4, -0.2) is 35.2 Å². The lowest BCUT2D eigenvalue weighted by Gasteiger charge is -2.04. The number of nitrogens with zero attached hydrogens (tertiary/aromatic N) is 2. The quantitative estimate of drug-likeness (QED) is 0.752. The second-order valence-corrected chi connectivity index (χ2v) is 3.46. The number of H-pyrrole nitrogens is 1. The van der Waals surface area contributed by atoms with E-state index in [9.17, 15) is 4.79 Å². The van der Waals surface area contributed by atoms with Crippen LogP contribution in [0.2, 0.25) is 0 Å². The van der Waals surface area contributed by atoms with Gasteiger partial charge in [-0.15, -0.1) is 0 Å². The average Bonchev–Trinajstić information content (AvgIpc) is 2.88. The first-order chi connectivity index (χ1) is 8.72. The summed E-state index contributed by atoms with van der Waals surface area (Å²) in [5.74, 6) is 0.762. The summed E-state index contributed by atoms with van der Waals surface area (Å²) in [6.07, 6.45) is 1.56. The number of hydrogen-bond acceptors (Lipinski definition) is 5. The molecule has 3 N–H and O–H groups in total. The average molecular weight is 247 g/mol. The lowest BCUT2D eigenvalue weighted by molar-refractivity contribution is 0.102. The van der Waals surface area contributed by atoms with Gasteiger partial charge < -0.3 is 15.4 Å². The Hall–Kier alpha value is -2.57. The van der Waals surface area contributed by atoms with Crippen molar-refractivity contribution >= 4 is 17.4 Å². The molecule has 0 saturated carbocycles. The van der Waals surface area contributed by atoms with E-state index in [-0.39, 0.29) is 5.91 Å². The summed E-state index contributed by atoms with van der Waals surface area (Å²) in [7, 11) is 3.24. The molecule has 2 aromatic rings. The predicted octanol–water partition coefficient (Wildman–Crippen LogP) is 1.11. The van der Waals surface area contributed by atoms with E-state index >= 15 is 0 Å². The number of anilines is 2. The van der Waals surface area contributed by atoms with Gasteiger partial charge in [-0.2, -0.15) is 5.10 Å². The Morgan fingerprint density at radius 3 is 2.94 bits per heavy atom. The minimum atomic E-state index is -0.280. The fraction of sp³-hybridized carbons (Fsp3) is 0.182. The summed E-state index contributed by atoms with van der Waals surface area (Å²) in [6, 6.07) is 4.93. The molecule has 2 rings (SSSR count). The first-order valence-electron chi connectivity index (χ1n) is 5.27. The van der Waals surface area contributed by atoms with Gasteiger partial charge in [0, 0.05) is 31.1 Å². The summed E-state index contributed by atoms with van der Waals surface area (Å²) in [6.45, 7) is 0. The van der Waals surface area contributed by atoms with Gasteiger partial charge >= 0.3 is 0 Å². The number of nitrogens with one attached hydrogen (secondary N) is 3. The zero-order valence-corrected chi connectivity index (χ0v) is 10.0. The van der Waals surface area contributed by atoms with Crippen LogP contribution in [0.15, 0.2) is 24.4 Å². The van der Waals surface area contributed by atoms with Crippen molar-refractivity contribution in [2.75, 3.05) is 24.8 Å². The normalized spacial score (nSPS) is 9.89. The van der Waals surface area contributed by atoms with E-state index in [1.807, 2.05) is 0 Å². The van der Waals surface area contributed by atoms with Crippen LogP contribution in [0.5, 0.6) is 5.88 Å². The van der Waals surface area contributed by atoms with Crippen molar-refractivity contribution in [1.29, 1.82) is 0 Å². The number of amides is 1. The molecule has 0 atom stereocenters. The summed E-state index contributed by atoms with van der Waals surface area (Å²) >= 11 is 0. The van der Waals surface area contributed by atoms with Crippen molar-refractivity contribution in [2.24, 2.45) is 0 Å². The number of carbonyl (C=O) groups is 1. The molecular formula is C11H13N5O2. The molecule has 2 heterocycles. The second kappa shape index (κ2) is 5.17. The van der Waals surface area contributed by atoms with Crippen molar-refractivity contribution in [3.05, 3.63) is 30.1 Å². The number of methoxy groups -OCH3 is 1. The van der Waals surface area contributed by atoms with E-state index < -0.39 is 0 Å². The molecule has 0 fully saturated rings. The van der Waals surface area contributed by atoms with Gasteiger partial charge in [0.25, 0.3) is 5.91 Å². The number of aromatic amines is 1. The summed E-state index contributed by atoms with van der Waals surface area (Å²) in [5.41, 5.74) is 0.975. The van der Waals surface area contributed by atoms with Crippen molar-refractivity contribution in [1.82, 2.24) is 15.2 Å². The molecule has 0 aliphatic rings. The zero-order valence-electron chi connectivity index (χ0n) is 10.0. The van der Waals surface area contributed by atoms with E-state index in [1.54, 1.807) is 31.4 Å². The van der Waals surface area contributed by atoms with Gasteiger partial charge in [0.15, 0.2) is 0 Å². The van der Waals surface area contributed by atoms with Gasteiger partial charge in [-0.05, 0) is 6.07 Å². The van der Waals surface area contributed by atoms with Crippen molar-refractivity contribution in [2.45, 2.75) is 0 Å². The molecule has 0 aliphatic carbocycles. The Morgan fingerprint density at radius 1 is 1.44 bits per heavy atom. The second-order valence-electron chi connectivity index (χ2n) is 3.46. The smallest absolute Gasteiger partial charge is 0.273 e. The van der Waals surface area contributed by atoms with Crippen LogP contribution in [-0.2, 0) is 0 Å². The Balaban J connectivity index is 2.10. The molecule has 2 aromatic heterocycles. The molecule has 0 saturated heterocycles. The fourth-order valence-corrected chi connectivity index (χ4v) is 1.36. The van der Waals surface area contributed by atoms with Gasteiger partial charge in [-0.3, -0.25) is 9.89 Å². The van der Waals surface area contributed by atoms with Crippen LogP contribution >= 0.6 is 0 Å². The highest BCUT2D eigenvalue weighted by atomic mass is 16.5. The third-order valence-electron chi connectivity index (χ3n) is 2.28. The number of hydrogen-bond donors (Lipinski definition) is 3. The highest BCUT2D eigenvalue weighted by Gasteiger charge is 2.10. The van der Waals surface area contributed by atoms with Gasteiger partial charge in [-0.25, -0.2) is 4.98 Å². The van der Waals surface area contributed by atoms with Crippen molar-refractivity contribution in [3.8, 4) is 5.88 Å². The largest absolute Gasteiger partial charge is 0.481 e. The Bertz CT molecular complexity index is 552. The molecular weight excluding hydrogens is 234 g/mol. The third kappa shape index (κ3) is 2.57. The molecule has 0 aromatic carbocycles. The maximum atomic E-state index is 11.9. The number of carbonyl (C=O) groups excluding carboxylic acids is 1. The highest BCUT2D eigenvalue weighted by molar-refractivity contribution is 6.03. The molecule has 7 heteroatoms. The first-order valence-corrected chi connectivity index (χ1v) is 5.27. The van der Waals surface area contributed by atoms with Gasteiger partial charge in [0.1, 0.15) is 11.5 Å². The van der Waals surface area contributed by atoms with E-state index in [4.69, 9.17) is 4.74 Å². The van der Waals surface area contributed by atoms with Gasteiger partial charge in [0.05, 0.1) is 7.11 Å². The van der Waals surface area contributed by atoms with Crippen LogP contribution in [0.4, 0.5) is 11.5 Å². The summed E-state index contributed by atoms with van der Waals surface area (Å²) in [4.78, 5) is 15.8. The first kappa shape index (κ1) is 11.9. The fourth-order valence-electron chi connectivity index (χ4n) is 1.36. The van der Waals surface area contributed by atoms with Crippen molar-refractivity contribution < 1.29 is 9.53 Å². The Kier molecular flexibility index (Phi) is 3.42. The summed E-state index contributed by atoms with van der Waals surface area (Å²) in [5, 5.41) is 12.1. The molecule has 0 unspecified atom stereocenters. The van der Waals surface area contributed by atoms with E-state index in [2.05, 4.69) is 25.8 Å². The number of rotatable bonds is 4. The van der Waals surface area contributed by atoms with Crippen molar-refractivity contribution in [3.63, 3.8) is 0 Å². The lowest BCUT2D eigenvalue weighted by Crippen LogP contribution is -2.12. The number of aromatic nitrogens is 3. The minimum absolute atomic E-state index is 0.280. The third-order valence-corrected chi connectivity index (χ3v) is 2.28. The van der Waals surface area contributed by atoms with Crippen LogP contribution in [0.25, 0.3) is 0 Å². The Labute approximate surface area is 104 Å². The predicted molar refractivity (Wildman–Crippen MR) is 66.9 cm³/mol. The highest BCUT2D eigenvalue weighted by Crippen LogP contribution is 2.14. The van der Waals surface area contributed by atoms with Crippen LogP contribution in [0.3, 0.4) is 0 Å². The maximum absolute atomic E-state index is 11.9. The molecule has 94 valence electrons. The van der Waals surface area contributed by atoms with E-state index in [1.165, 1.54) is 7.11 Å². The lowest BCUT2D eigenvalue weighted by atomic mass is 10.3. The van der Waals surface area contributed by atoms with E-state index in [0.29, 0.717) is 23.1 Å². The zero-order chi connectivity index (χ0) is 13.0. The number of pyridine rings is 1. The standard InChI is InChI=1S/C11H13N5O2/c1-12-9-6-8(15-16-9)11(17)14-7-3-4-13-10(5-7)18-2/h3-6H,1-2H3,(H2,12,15,16)(H,13,14,17). The molecule has 0 bridgehead atoms. The molecule has 0 aliphatic heterocycles. The molecule has 0 radical (unpaired) electrons. The minimum Gasteiger partial charge on any atom is -0.481 e. The van der Waals surface area contributed by atoms with Crippen LogP contribution in [0.1, 0.15) is 10.5 Å². The topological polar surface area (TPSA) is 91.9 Å². The molecule has 7 nitrogen and oxygen atoms in total. The van der Waals surface area contributed by atoms with Crippen LogP contribution < -0.4 is 15.4 Å². The monoisotopic (exact) mass is 247 g/mol. The Morgan fingerprint density at radius 2 is 2.28 bits per heavy atom. The van der Waals surface area contributed by atoms with Crippen LogP contribution in [0, 0.1) is 0 Å². The maximum Gasteiger partial charge on any atom is 0.273 e. The molecule has 18 heavy (non-hydrogen) atoms. The molecule has 0 spiro atoms. The SMILES string of the molecule is CNc1cc(C(=O)Nc2ccnc(OC)c2)[nH]n1. The van der Waals surface area contributed by atoms with Gasteiger partial charge in [0.2, 0.25) is 5.88 Å². The van der Waals surface area contributed by atoms with Gasteiger partial charge in [-0.1, -0.05) is 0 Å². The molecule has 1 amide bonds.